The molecule has 146 valence electrons. The normalized spacial score (nSPS) is 10.9. The van der Waals surface area contributed by atoms with Crippen LogP contribution in [0, 0.1) is 21.4 Å². The van der Waals surface area contributed by atoms with Crippen molar-refractivity contribution in [2.24, 2.45) is 0 Å². The van der Waals surface area contributed by atoms with Gasteiger partial charge in [-0.2, -0.15) is 5.26 Å². The lowest BCUT2D eigenvalue weighted by atomic mass is 10.1. The molecule has 0 atom stereocenters. The molecule has 0 saturated carbocycles. The van der Waals surface area contributed by atoms with Gasteiger partial charge < -0.3 is 9.47 Å². The third-order valence-electron chi connectivity index (χ3n) is 3.86. The number of ether oxygens (including phenoxy) is 2. The minimum Gasteiger partial charge on any atom is -0.487 e. The van der Waals surface area contributed by atoms with E-state index in [2.05, 4.69) is 6.92 Å². The molecule has 0 aliphatic rings. The summed E-state index contributed by atoms with van der Waals surface area (Å²) in [7, 11) is 0. The molecule has 0 N–H and O–H groups in total. The molecule has 0 spiro atoms. The molecule has 0 fully saturated rings. The first kappa shape index (κ1) is 22.2. The number of benzene rings is 1. The Bertz CT molecular complexity index is 707. The Labute approximate surface area is 159 Å². The first-order valence-electron chi connectivity index (χ1n) is 9.23. The van der Waals surface area contributed by atoms with Crippen molar-refractivity contribution < 1.29 is 19.2 Å². The van der Waals surface area contributed by atoms with Gasteiger partial charge in [0.1, 0.15) is 11.6 Å². The van der Waals surface area contributed by atoms with Crippen LogP contribution in [-0.2, 0) is 9.53 Å². The molecular formula is C20H26N2O5. The molecule has 0 heterocycles. The number of carbonyl (C=O) groups excluding carboxylic acids is 1. The largest absolute Gasteiger partial charge is 0.487 e. The van der Waals surface area contributed by atoms with E-state index in [1.807, 2.05) is 0 Å². The van der Waals surface area contributed by atoms with E-state index in [-0.39, 0.29) is 23.6 Å². The van der Waals surface area contributed by atoms with Gasteiger partial charge in [-0.1, -0.05) is 45.1 Å². The standard InChI is InChI=1S/C20H26N2O5/c1-3-5-6-7-8-9-12-27-19-11-10-16(14-18(19)22(24)25)13-17(15-21)20(23)26-4-2/h10-11,13-14H,3-9,12H2,1-2H3/b17-13+. The van der Waals surface area contributed by atoms with Crippen LogP contribution in [0.25, 0.3) is 6.08 Å². The molecule has 7 heteroatoms. The molecule has 0 saturated heterocycles. The Morgan fingerprint density at radius 1 is 1.22 bits per heavy atom. The van der Waals surface area contributed by atoms with Crippen molar-refractivity contribution in [1.29, 1.82) is 5.26 Å². The van der Waals surface area contributed by atoms with E-state index in [0.717, 1.165) is 19.3 Å². The molecule has 0 radical (unpaired) electrons. The molecule has 0 aromatic heterocycles. The number of hydrogen-bond donors (Lipinski definition) is 0. The van der Waals surface area contributed by atoms with E-state index in [1.165, 1.54) is 37.5 Å². The van der Waals surface area contributed by atoms with E-state index < -0.39 is 10.9 Å². The van der Waals surface area contributed by atoms with E-state index in [9.17, 15) is 14.9 Å². The van der Waals surface area contributed by atoms with E-state index >= 15 is 0 Å². The number of carbonyl (C=O) groups is 1. The van der Waals surface area contributed by atoms with Crippen LogP contribution >= 0.6 is 0 Å². The van der Waals surface area contributed by atoms with Crippen LogP contribution in [0.4, 0.5) is 5.69 Å². The smallest absolute Gasteiger partial charge is 0.348 e. The summed E-state index contributed by atoms with van der Waals surface area (Å²) in [5.74, 6) is -0.577. The molecule has 7 nitrogen and oxygen atoms in total. The second kappa shape index (κ2) is 12.5. The summed E-state index contributed by atoms with van der Waals surface area (Å²) in [4.78, 5) is 22.4. The lowest BCUT2D eigenvalue weighted by molar-refractivity contribution is -0.385. The summed E-state index contributed by atoms with van der Waals surface area (Å²) in [6, 6.07) is 6.09. The van der Waals surface area contributed by atoms with Crippen molar-refractivity contribution in [3.8, 4) is 11.8 Å². The summed E-state index contributed by atoms with van der Waals surface area (Å²) in [5, 5.41) is 20.4. The van der Waals surface area contributed by atoms with Gasteiger partial charge in [-0.3, -0.25) is 10.1 Å². The summed E-state index contributed by atoms with van der Waals surface area (Å²) in [6.45, 7) is 4.35. The van der Waals surface area contributed by atoms with Crippen molar-refractivity contribution in [3.05, 3.63) is 39.4 Å². The molecule has 0 unspecified atom stereocenters. The first-order valence-corrected chi connectivity index (χ1v) is 9.23. The van der Waals surface area contributed by atoms with Crippen molar-refractivity contribution in [1.82, 2.24) is 0 Å². The van der Waals surface area contributed by atoms with E-state index in [0.29, 0.717) is 12.2 Å². The van der Waals surface area contributed by atoms with Crippen LogP contribution in [0.5, 0.6) is 5.75 Å². The van der Waals surface area contributed by atoms with Crippen molar-refractivity contribution >= 4 is 17.7 Å². The second-order valence-corrected chi connectivity index (χ2v) is 5.99. The number of rotatable bonds is 12. The SMILES string of the molecule is CCCCCCCCOc1ccc(/C=C(\C#N)C(=O)OCC)cc1[N+](=O)[O-]. The number of nitriles is 1. The maximum absolute atomic E-state index is 11.7. The highest BCUT2D eigenvalue weighted by molar-refractivity contribution is 5.98. The van der Waals surface area contributed by atoms with Gasteiger partial charge in [-0.15, -0.1) is 0 Å². The highest BCUT2D eigenvalue weighted by atomic mass is 16.6. The second-order valence-electron chi connectivity index (χ2n) is 5.99. The third-order valence-corrected chi connectivity index (χ3v) is 3.86. The average Bonchev–Trinajstić information content (AvgIpc) is 2.66. The zero-order valence-corrected chi connectivity index (χ0v) is 15.9. The monoisotopic (exact) mass is 374 g/mol. The Morgan fingerprint density at radius 2 is 1.93 bits per heavy atom. The maximum atomic E-state index is 11.7. The van der Waals surface area contributed by atoms with Gasteiger partial charge in [-0.05, 0) is 31.1 Å². The lowest BCUT2D eigenvalue weighted by Gasteiger charge is -2.08. The minimum atomic E-state index is -0.758. The van der Waals surface area contributed by atoms with Gasteiger partial charge in [-0.25, -0.2) is 4.79 Å². The summed E-state index contributed by atoms with van der Waals surface area (Å²) < 4.78 is 10.3. The zero-order valence-electron chi connectivity index (χ0n) is 15.9. The van der Waals surface area contributed by atoms with Gasteiger partial charge in [0, 0.05) is 6.07 Å². The van der Waals surface area contributed by atoms with Crippen LogP contribution in [0.1, 0.15) is 57.9 Å². The predicted octanol–water partition coefficient (Wildman–Crippen LogP) is 4.80. The average molecular weight is 374 g/mol. The van der Waals surface area contributed by atoms with Crippen molar-refractivity contribution in [2.75, 3.05) is 13.2 Å². The Kier molecular flexibility index (Phi) is 10.2. The van der Waals surface area contributed by atoms with Crippen molar-refractivity contribution in [3.63, 3.8) is 0 Å². The topological polar surface area (TPSA) is 102 Å². The quantitative estimate of drug-likeness (QED) is 0.130. The first-order chi connectivity index (χ1) is 13.0. The van der Waals surface area contributed by atoms with Gasteiger partial charge in [0.2, 0.25) is 0 Å². The molecular weight excluding hydrogens is 348 g/mol. The molecule has 0 bridgehead atoms. The van der Waals surface area contributed by atoms with Gasteiger partial charge in [0.25, 0.3) is 0 Å². The fraction of sp³-hybridized carbons (Fsp3) is 0.500. The molecule has 27 heavy (non-hydrogen) atoms. The van der Waals surface area contributed by atoms with Crippen LogP contribution in [0.15, 0.2) is 23.8 Å². The van der Waals surface area contributed by atoms with Crippen LogP contribution in [0.2, 0.25) is 0 Å². The number of hydrogen-bond acceptors (Lipinski definition) is 6. The molecule has 1 aromatic rings. The Balaban J connectivity index is 2.78. The molecule has 0 aliphatic heterocycles. The number of nitrogens with zero attached hydrogens (tertiary/aromatic N) is 2. The van der Waals surface area contributed by atoms with Crippen molar-refractivity contribution in [2.45, 2.75) is 52.4 Å². The van der Waals surface area contributed by atoms with E-state index in [1.54, 1.807) is 19.1 Å². The zero-order chi connectivity index (χ0) is 20.1. The molecule has 1 rings (SSSR count). The van der Waals surface area contributed by atoms with Crippen LogP contribution in [-0.4, -0.2) is 24.1 Å². The predicted molar refractivity (Wildman–Crippen MR) is 102 cm³/mol. The number of unbranched alkanes of at least 4 members (excludes halogenated alkanes) is 5. The molecule has 0 aliphatic carbocycles. The summed E-state index contributed by atoms with van der Waals surface area (Å²) in [5.41, 5.74) is -0.0546. The molecule has 0 amide bonds. The van der Waals surface area contributed by atoms with E-state index in [4.69, 9.17) is 14.7 Å². The van der Waals surface area contributed by atoms with Gasteiger partial charge in [0.15, 0.2) is 5.75 Å². The highest BCUT2D eigenvalue weighted by Crippen LogP contribution is 2.29. The fourth-order valence-electron chi connectivity index (χ4n) is 2.47. The van der Waals surface area contributed by atoms with Gasteiger partial charge >= 0.3 is 11.7 Å². The fourth-order valence-corrected chi connectivity index (χ4v) is 2.47. The maximum Gasteiger partial charge on any atom is 0.348 e. The minimum absolute atomic E-state index is 0.142. The molecule has 1 aromatic carbocycles. The number of nitro groups is 1. The van der Waals surface area contributed by atoms with Crippen LogP contribution < -0.4 is 4.74 Å². The Morgan fingerprint density at radius 3 is 2.56 bits per heavy atom. The van der Waals surface area contributed by atoms with Gasteiger partial charge in [0.05, 0.1) is 18.1 Å². The number of nitro benzene ring substituents is 1. The van der Waals surface area contributed by atoms with Crippen LogP contribution in [0.3, 0.4) is 0 Å². The summed E-state index contributed by atoms with van der Waals surface area (Å²) in [6.07, 6.45) is 7.87. The number of esters is 1. The Hall–Kier alpha value is -2.88. The highest BCUT2D eigenvalue weighted by Gasteiger charge is 2.17. The summed E-state index contributed by atoms with van der Waals surface area (Å²) >= 11 is 0. The lowest BCUT2D eigenvalue weighted by Crippen LogP contribution is -2.06. The third kappa shape index (κ3) is 7.90.